The van der Waals surface area contributed by atoms with Crippen LogP contribution >= 0.6 is 11.6 Å². The summed E-state index contributed by atoms with van der Waals surface area (Å²) in [5, 5.41) is 4.00. The standard InChI is InChI=1S/C15H17ClN2/c1-11-4-2-3-5-12(11)8-9-18-15-7-6-13(16)10-14(15)17/h2-7,10,18H,8-9,17H2,1H3. The lowest BCUT2D eigenvalue weighted by atomic mass is 10.1. The zero-order valence-electron chi connectivity index (χ0n) is 10.4. The summed E-state index contributed by atoms with van der Waals surface area (Å²) in [6.07, 6.45) is 0.981. The molecule has 2 aromatic rings. The van der Waals surface area contributed by atoms with E-state index in [0.717, 1.165) is 18.7 Å². The van der Waals surface area contributed by atoms with Crippen molar-refractivity contribution < 1.29 is 0 Å². The SMILES string of the molecule is Cc1ccccc1CCNc1ccc(Cl)cc1N. The Morgan fingerprint density at radius 2 is 1.94 bits per heavy atom. The van der Waals surface area contributed by atoms with Gasteiger partial charge in [-0.25, -0.2) is 0 Å². The molecule has 0 heterocycles. The maximum absolute atomic E-state index is 5.88. The maximum Gasteiger partial charge on any atom is 0.0575 e. The zero-order valence-corrected chi connectivity index (χ0v) is 11.2. The molecule has 3 heteroatoms. The molecule has 0 aliphatic heterocycles. The van der Waals surface area contributed by atoms with Crippen LogP contribution in [0.25, 0.3) is 0 Å². The molecule has 2 nitrogen and oxygen atoms in total. The van der Waals surface area contributed by atoms with Crippen molar-refractivity contribution in [1.82, 2.24) is 0 Å². The van der Waals surface area contributed by atoms with E-state index in [2.05, 4.69) is 36.5 Å². The molecule has 0 radical (unpaired) electrons. The van der Waals surface area contributed by atoms with E-state index in [-0.39, 0.29) is 0 Å². The number of aryl methyl sites for hydroxylation is 1. The van der Waals surface area contributed by atoms with Crippen molar-refractivity contribution in [2.75, 3.05) is 17.6 Å². The van der Waals surface area contributed by atoms with E-state index in [4.69, 9.17) is 17.3 Å². The molecular formula is C15H17ClN2. The van der Waals surface area contributed by atoms with Crippen LogP contribution in [0, 0.1) is 6.92 Å². The van der Waals surface area contributed by atoms with Gasteiger partial charge in [0, 0.05) is 11.6 Å². The minimum Gasteiger partial charge on any atom is -0.397 e. The molecule has 0 aromatic heterocycles. The molecular weight excluding hydrogens is 244 g/mol. The van der Waals surface area contributed by atoms with Crippen LogP contribution in [0.2, 0.25) is 5.02 Å². The molecule has 3 N–H and O–H groups in total. The molecule has 2 rings (SSSR count). The van der Waals surface area contributed by atoms with Gasteiger partial charge in [0.15, 0.2) is 0 Å². The summed E-state index contributed by atoms with van der Waals surface area (Å²) in [4.78, 5) is 0. The summed E-state index contributed by atoms with van der Waals surface area (Å²) in [5.74, 6) is 0. The monoisotopic (exact) mass is 260 g/mol. The van der Waals surface area contributed by atoms with E-state index < -0.39 is 0 Å². The van der Waals surface area contributed by atoms with Crippen LogP contribution in [0.5, 0.6) is 0 Å². The Morgan fingerprint density at radius 3 is 2.67 bits per heavy atom. The largest absolute Gasteiger partial charge is 0.397 e. The Balaban J connectivity index is 1.95. The summed E-state index contributed by atoms with van der Waals surface area (Å²) in [7, 11) is 0. The van der Waals surface area contributed by atoms with E-state index in [0.29, 0.717) is 10.7 Å². The van der Waals surface area contributed by atoms with Crippen molar-refractivity contribution in [2.45, 2.75) is 13.3 Å². The second kappa shape index (κ2) is 5.78. The van der Waals surface area contributed by atoms with Crippen LogP contribution in [0.3, 0.4) is 0 Å². The van der Waals surface area contributed by atoms with Gasteiger partial charge >= 0.3 is 0 Å². The highest BCUT2D eigenvalue weighted by Crippen LogP contribution is 2.22. The molecule has 0 unspecified atom stereocenters. The summed E-state index contributed by atoms with van der Waals surface area (Å²) in [6, 6.07) is 13.9. The number of hydrogen-bond donors (Lipinski definition) is 2. The first-order chi connectivity index (χ1) is 8.66. The summed E-state index contributed by atoms with van der Waals surface area (Å²) in [6.45, 7) is 2.99. The van der Waals surface area contributed by atoms with Gasteiger partial charge in [-0.15, -0.1) is 0 Å². The topological polar surface area (TPSA) is 38.0 Å². The Hall–Kier alpha value is -1.67. The zero-order chi connectivity index (χ0) is 13.0. The van der Waals surface area contributed by atoms with E-state index in [1.165, 1.54) is 11.1 Å². The van der Waals surface area contributed by atoms with Gasteiger partial charge in [0.1, 0.15) is 0 Å². The second-order valence-electron chi connectivity index (χ2n) is 4.33. The quantitative estimate of drug-likeness (QED) is 0.819. The molecule has 0 atom stereocenters. The van der Waals surface area contributed by atoms with Gasteiger partial charge in [-0.2, -0.15) is 0 Å². The number of halogens is 1. The average molecular weight is 261 g/mol. The van der Waals surface area contributed by atoms with Crippen molar-refractivity contribution in [1.29, 1.82) is 0 Å². The van der Waals surface area contributed by atoms with Gasteiger partial charge in [-0.05, 0) is 42.7 Å². The molecule has 0 fully saturated rings. The minimum atomic E-state index is 0.664. The molecule has 94 valence electrons. The summed E-state index contributed by atoms with van der Waals surface area (Å²) < 4.78 is 0. The fourth-order valence-electron chi connectivity index (χ4n) is 1.92. The molecule has 2 aromatic carbocycles. The Labute approximate surface area is 113 Å². The lowest BCUT2D eigenvalue weighted by molar-refractivity contribution is 1.01. The van der Waals surface area contributed by atoms with E-state index >= 15 is 0 Å². The van der Waals surface area contributed by atoms with Crippen molar-refractivity contribution in [3.63, 3.8) is 0 Å². The Kier molecular flexibility index (Phi) is 4.11. The molecule has 18 heavy (non-hydrogen) atoms. The molecule has 0 aliphatic rings. The van der Waals surface area contributed by atoms with Crippen LogP contribution in [0.1, 0.15) is 11.1 Å². The van der Waals surface area contributed by atoms with Gasteiger partial charge in [0.25, 0.3) is 0 Å². The molecule has 0 amide bonds. The van der Waals surface area contributed by atoms with Gasteiger partial charge in [0.05, 0.1) is 11.4 Å². The number of benzene rings is 2. The van der Waals surface area contributed by atoms with Gasteiger partial charge in [0.2, 0.25) is 0 Å². The number of nitrogens with one attached hydrogen (secondary N) is 1. The first kappa shape index (κ1) is 12.8. The highest BCUT2D eigenvalue weighted by Gasteiger charge is 2.00. The predicted molar refractivity (Wildman–Crippen MR) is 79.2 cm³/mol. The van der Waals surface area contributed by atoms with Gasteiger partial charge < -0.3 is 11.1 Å². The fraction of sp³-hybridized carbons (Fsp3) is 0.200. The number of nitrogen functional groups attached to an aromatic ring is 1. The third-order valence-corrected chi connectivity index (χ3v) is 3.22. The third kappa shape index (κ3) is 3.17. The molecule has 0 saturated carbocycles. The lowest BCUT2D eigenvalue weighted by Crippen LogP contribution is -2.07. The third-order valence-electron chi connectivity index (χ3n) is 2.98. The second-order valence-corrected chi connectivity index (χ2v) is 4.77. The average Bonchev–Trinajstić information content (AvgIpc) is 2.34. The van der Waals surface area contributed by atoms with Crippen molar-refractivity contribution in [3.05, 3.63) is 58.6 Å². The molecule has 0 aliphatic carbocycles. The smallest absolute Gasteiger partial charge is 0.0575 e. The van der Waals surface area contributed by atoms with Crippen molar-refractivity contribution in [2.24, 2.45) is 0 Å². The van der Waals surface area contributed by atoms with Crippen LogP contribution in [-0.2, 0) is 6.42 Å². The lowest BCUT2D eigenvalue weighted by Gasteiger charge is -2.10. The molecule has 0 saturated heterocycles. The number of nitrogens with two attached hydrogens (primary N) is 1. The first-order valence-electron chi connectivity index (χ1n) is 6.00. The van der Waals surface area contributed by atoms with Crippen molar-refractivity contribution >= 4 is 23.0 Å². The Morgan fingerprint density at radius 1 is 1.17 bits per heavy atom. The van der Waals surface area contributed by atoms with Crippen LogP contribution < -0.4 is 11.1 Å². The fourth-order valence-corrected chi connectivity index (χ4v) is 2.10. The molecule has 0 bridgehead atoms. The number of anilines is 2. The highest BCUT2D eigenvalue weighted by atomic mass is 35.5. The summed E-state index contributed by atoms with van der Waals surface area (Å²) in [5.41, 5.74) is 10.2. The van der Waals surface area contributed by atoms with Gasteiger partial charge in [-0.3, -0.25) is 0 Å². The van der Waals surface area contributed by atoms with E-state index in [9.17, 15) is 0 Å². The van der Waals surface area contributed by atoms with Gasteiger partial charge in [-0.1, -0.05) is 35.9 Å². The van der Waals surface area contributed by atoms with Crippen molar-refractivity contribution in [3.8, 4) is 0 Å². The summed E-state index contributed by atoms with van der Waals surface area (Å²) >= 11 is 5.86. The van der Waals surface area contributed by atoms with E-state index in [1.807, 2.05) is 12.1 Å². The van der Waals surface area contributed by atoms with Crippen LogP contribution in [0.15, 0.2) is 42.5 Å². The number of hydrogen-bond acceptors (Lipinski definition) is 2. The highest BCUT2D eigenvalue weighted by molar-refractivity contribution is 6.31. The predicted octanol–water partition coefficient (Wildman–Crippen LogP) is 3.89. The van der Waals surface area contributed by atoms with E-state index in [1.54, 1.807) is 6.07 Å². The molecule has 0 spiro atoms. The maximum atomic E-state index is 5.88. The number of rotatable bonds is 4. The normalized spacial score (nSPS) is 10.3. The first-order valence-corrected chi connectivity index (χ1v) is 6.38. The van der Waals surface area contributed by atoms with Crippen LogP contribution in [0.4, 0.5) is 11.4 Å². The van der Waals surface area contributed by atoms with Crippen LogP contribution in [-0.4, -0.2) is 6.54 Å². The Bertz CT molecular complexity index is 538. The minimum absolute atomic E-state index is 0.664.